The first-order valence-electron chi connectivity index (χ1n) is 16.6. The summed E-state index contributed by atoms with van der Waals surface area (Å²) >= 11 is 0. The van der Waals surface area contributed by atoms with Gasteiger partial charge in [-0.3, -0.25) is 0 Å². The van der Waals surface area contributed by atoms with Crippen LogP contribution in [0.3, 0.4) is 0 Å². The average molecular weight is 711 g/mol. The van der Waals surface area contributed by atoms with Crippen LogP contribution >= 0.6 is 14.3 Å². The van der Waals surface area contributed by atoms with Crippen LogP contribution in [0, 0.1) is 0 Å². The molecule has 49 heavy (non-hydrogen) atoms. The monoisotopic (exact) mass is 710 g/mol. The molecule has 0 fully saturated rings. The van der Waals surface area contributed by atoms with Gasteiger partial charge < -0.3 is 42.3 Å². The molecule has 4 rings (SSSR count). The van der Waals surface area contributed by atoms with Gasteiger partial charge in [-0.2, -0.15) is 0 Å². The molecule has 0 saturated heterocycles. The Kier molecular flexibility index (Phi) is 18.0. The molecule has 0 unspecified atom stereocenters. The molecule has 4 aromatic carbocycles. The second kappa shape index (κ2) is 22.7. The maximum atomic E-state index is 13.9. The lowest BCUT2D eigenvalue weighted by Gasteiger charge is -2.19. The average Bonchev–Trinajstić information content (AvgIpc) is 3.16. The predicted octanol–water partition coefficient (Wildman–Crippen LogP) is 5.05. The molecule has 0 amide bonds. The van der Waals surface area contributed by atoms with Crippen molar-refractivity contribution in [3.05, 3.63) is 121 Å². The lowest BCUT2D eigenvalue weighted by atomic mass is 10.4. The van der Waals surface area contributed by atoms with E-state index >= 15 is 0 Å². The molecule has 0 N–H and O–H groups in total. The van der Waals surface area contributed by atoms with Crippen LogP contribution in [-0.2, 0) is 42.3 Å². The Morgan fingerprint density at radius 2 is 0.469 bits per heavy atom. The van der Waals surface area contributed by atoms with Crippen molar-refractivity contribution in [2.75, 3.05) is 92.0 Å². The summed E-state index contributed by atoms with van der Waals surface area (Å²) in [6.45, 7) is 5.09. The molecule has 264 valence electrons. The highest BCUT2D eigenvalue weighted by Crippen LogP contribution is 2.44. The van der Waals surface area contributed by atoms with Gasteiger partial charge in [-0.15, -0.1) is 0 Å². The fraction of sp³-hybridized carbons (Fsp3) is 0.368. The highest BCUT2D eigenvalue weighted by Gasteiger charge is 2.28. The van der Waals surface area contributed by atoms with Gasteiger partial charge in [0.15, 0.2) is 14.3 Å². The summed E-state index contributed by atoms with van der Waals surface area (Å²) in [4.78, 5) is 0. The molecule has 0 spiro atoms. The normalized spacial score (nSPS) is 11.9. The Morgan fingerprint density at radius 1 is 0.286 bits per heavy atom. The van der Waals surface area contributed by atoms with Crippen LogP contribution in [0.5, 0.6) is 0 Å². The Labute approximate surface area is 290 Å². The zero-order valence-corrected chi connectivity index (χ0v) is 29.8. The lowest BCUT2D eigenvalue weighted by Crippen LogP contribution is -2.20. The third kappa shape index (κ3) is 13.4. The van der Waals surface area contributed by atoms with Crippen molar-refractivity contribution in [1.29, 1.82) is 0 Å². The van der Waals surface area contributed by atoms with E-state index in [-0.39, 0.29) is 12.7 Å². The number of benzene rings is 4. The lowest BCUT2D eigenvalue weighted by molar-refractivity contribution is -0.0182. The van der Waals surface area contributed by atoms with E-state index in [1.165, 1.54) is 0 Å². The summed E-state index contributed by atoms with van der Waals surface area (Å²) in [5.41, 5.74) is 0. The minimum Gasteiger partial charge on any atom is -0.377 e. The maximum Gasteiger partial charge on any atom is 0.167 e. The Hall–Kier alpha value is -2.94. The van der Waals surface area contributed by atoms with Crippen molar-refractivity contribution in [3.8, 4) is 0 Å². The molecule has 0 aromatic heterocycles. The summed E-state index contributed by atoms with van der Waals surface area (Å²) in [6.07, 6.45) is 0.250. The van der Waals surface area contributed by atoms with Gasteiger partial charge in [-0.25, -0.2) is 0 Å². The molecule has 0 heterocycles. The van der Waals surface area contributed by atoms with Crippen molar-refractivity contribution < 1.29 is 42.3 Å². The van der Waals surface area contributed by atoms with Crippen LogP contribution in [0.25, 0.3) is 0 Å². The fourth-order valence-electron chi connectivity index (χ4n) is 4.88. The van der Waals surface area contributed by atoms with Crippen molar-refractivity contribution in [2.45, 2.75) is 0 Å². The smallest absolute Gasteiger partial charge is 0.167 e. The van der Waals surface area contributed by atoms with Gasteiger partial charge in [0.25, 0.3) is 0 Å². The summed E-state index contributed by atoms with van der Waals surface area (Å²) in [5, 5.41) is 3.13. The van der Waals surface area contributed by atoms with Gasteiger partial charge in [0.05, 0.1) is 79.3 Å². The predicted molar refractivity (Wildman–Crippen MR) is 195 cm³/mol. The van der Waals surface area contributed by atoms with Crippen LogP contribution in [-0.4, -0.2) is 92.0 Å². The van der Waals surface area contributed by atoms with E-state index in [0.717, 1.165) is 21.2 Å². The van der Waals surface area contributed by atoms with Crippen LogP contribution in [0.15, 0.2) is 121 Å². The van der Waals surface area contributed by atoms with Crippen LogP contribution in [0.2, 0.25) is 0 Å². The third-order valence-electron chi connectivity index (χ3n) is 7.47. The molecule has 0 bridgehead atoms. The van der Waals surface area contributed by atoms with E-state index in [2.05, 4.69) is 0 Å². The largest absolute Gasteiger partial charge is 0.377 e. The summed E-state index contributed by atoms with van der Waals surface area (Å²) in [5.74, 6) is 0. The zero-order valence-electron chi connectivity index (χ0n) is 28.0. The maximum absolute atomic E-state index is 13.9. The Morgan fingerprint density at radius 3 is 0.673 bits per heavy atom. The van der Waals surface area contributed by atoms with E-state index in [1.54, 1.807) is 0 Å². The van der Waals surface area contributed by atoms with E-state index in [0.29, 0.717) is 79.3 Å². The van der Waals surface area contributed by atoms with Gasteiger partial charge in [0.2, 0.25) is 0 Å². The molecular weight excluding hydrogens is 662 g/mol. The molecule has 0 radical (unpaired) electrons. The topological polar surface area (TPSA) is 98.8 Å². The highest BCUT2D eigenvalue weighted by atomic mass is 31.2. The molecule has 9 nitrogen and oxygen atoms in total. The Balaban J connectivity index is 0.931. The standard InChI is InChI=1S/C38H48O9P2/c39-48(35-13-5-1-6-14-35,36-15-7-2-8-16-36)33-46-31-29-44-27-25-42-23-21-41-22-24-43-26-28-45-30-32-47-34-49(40,37-17-9-3-10-18-37)38-19-11-4-12-20-38/h1-20H,21-34H2. The van der Waals surface area contributed by atoms with Crippen molar-refractivity contribution in [2.24, 2.45) is 0 Å². The number of hydrogen-bond acceptors (Lipinski definition) is 9. The zero-order chi connectivity index (χ0) is 34.3. The molecule has 0 aliphatic heterocycles. The van der Waals surface area contributed by atoms with Gasteiger partial charge in [0, 0.05) is 21.2 Å². The van der Waals surface area contributed by atoms with E-state index in [1.807, 2.05) is 121 Å². The number of rotatable bonds is 26. The summed E-state index contributed by atoms with van der Waals surface area (Å²) in [6, 6.07) is 37.9. The van der Waals surface area contributed by atoms with E-state index in [4.69, 9.17) is 33.2 Å². The van der Waals surface area contributed by atoms with Crippen LogP contribution in [0.1, 0.15) is 0 Å². The molecule has 0 aliphatic carbocycles. The van der Waals surface area contributed by atoms with Crippen LogP contribution in [0.4, 0.5) is 0 Å². The summed E-state index contributed by atoms with van der Waals surface area (Å²) < 4.78 is 67.2. The van der Waals surface area contributed by atoms with Gasteiger partial charge in [-0.05, 0) is 0 Å². The van der Waals surface area contributed by atoms with E-state index in [9.17, 15) is 9.13 Å². The van der Waals surface area contributed by atoms with Gasteiger partial charge in [0.1, 0.15) is 12.7 Å². The Bertz CT molecular complexity index is 1310. The molecule has 4 aromatic rings. The van der Waals surface area contributed by atoms with Crippen molar-refractivity contribution in [1.82, 2.24) is 0 Å². The third-order valence-corrected chi connectivity index (χ3v) is 13.1. The van der Waals surface area contributed by atoms with Gasteiger partial charge >= 0.3 is 0 Å². The summed E-state index contributed by atoms with van der Waals surface area (Å²) in [7, 11) is -5.77. The first kappa shape index (κ1) is 38.9. The molecule has 0 atom stereocenters. The second-order valence-electron chi connectivity index (χ2n) is 11.0. The van der Waals surface area contributed by atoms with Crippen molar-refractivity contribution >= 4 is 35.5 Å². The fourth-order valence-corrected chi connectivity index (χ4v) is 9.46. The second-order valence-corrected chi connectivity index (χ2v) is 16.5. The number of hydrogen-bond donors (Lipinski definition) is 0. The molecular formula is C38H48O9P2. The van der Waals surface area contributed by atoms with Crippen LogP contribution < -0.4 is 21.2 Å². The SMILES string of the molecule is O=P(COCCOCCOCCOCCOCCOCCOCP(=O)(c1ccccc1)c1ccccc1)(c1ccccc1)c1ccccc1. The first-order chi connectivity index (χ1) is 24.1. The van der Waals surface area contributed by atoms with Gasteiger partial charge in [-0.1, -0.05) is 121 Å². The molecule has 0 saturated carbocycles. The van der Waals surface area contributed by atoms with Crippen molar-refractivity contribution in [3.63, 3.8) is 0 Å². The van der Waals surface area contributed by atoms with E-state index < -0.39 is 14.3 Å². The molecule has 0 aliphatic rings. The number of ether oxygens (including phenoxy) is 7. The minimum atomic E-state index is -2.88. The minimum absolute atomic E-state index is 0.125. The highest BCUT2D eigenvalue weighted by molar-refractivity contribution is 7.78. The first-order valence-corrected chi connectivity index (χ1v) is 20.4. The quantitative estimate of drug-likeness (QED) is 0.0656. The molecule has 11 heteroatoms.